The number of benzene rings is 1. The lowest BCUT2D eigenvalue weighted by Gasteiger charge is -2.40. The third kappa shape index (κ3) is 2.61. The SMILES string of the molecule is CC[N+](CC)(CC)C(Br)c1ccccc1. The molecule has 15 heavy (non-hydrogen) atoms. The summed E-state index contributed by atoms with van der Waals surface area (Å²) in [6, 6.07) is 10.7. The molecule has 1 unspecified atom stereocenters. The molecule has 0 aliphatic carbocycles. The van der Waals surface area contributed by atoms with E-state index >= 15 is 0 Å². The smallest absolute Gasteiger partial charge is 0.170 e. The molecule has 0 heterocycles. The van der Waals surface area contributed by atoms with Gasteiger partial charge in [-0.25, -0.2) is 0 Å². The van der Waals surface area contributed by atoms with Crippen molar-refractivity contribution in [2.24, 2.45) is 0 Å². The second-order valence-corrected chi connectivity index (χ2v) is 4.78. The third-order valence-electron chi connectivity index (χ3n) is 3.44. The summed E-state index contributed by atoms with van der Waals surface area (Å²) >= 11 is 3.86. The molecule has 1 rings (SSSR count). The van der Waals surface area contributed by atoms with E-state index in [0.29, 0.717) is 4.95 Å². The monoisotopic (exact) mass is 270 g/mol. The van der Waals surface area contributed by atoms with Crippen molar-refractivity contribution >= 4 is 15.9 Å². The lowest BCUT2D eigenvalue weighted by molar-refractivity contribution is -0.936. The van der Waals surface area contributed by atoms with Gasteiger partial charge >= 0.3 is 0 Å². The van der Waals surface area contributed by atoms with Crippen LogP contribution in [0.1, 0.15) is 31.3 Å². The molecule has 1 nitrogen and oxygen atoms in total. The minimum atomic E-state index is 0.415. The minimum Gasteiger partial charge on any atom is -0.309 e. The van der Waals surface area contributed by atoms with Crippen LogP contribution >= 0.6 is 15.9 Å². The first-order valence-corrected chi connectivity index (χ1v) is 6.66. The van der Waals surface area contributed by atoms with Crippen molar-refractivity contribution in [1.29, 1.82) is 0 Å². The van der Waals surface area contributed by atoms with Crippen molar-refractivity contribution in [3.8, 4) is 0 Å². The Morgan fingerprint density at radius 2 is 1.47 bits per heavy atom. The number of rotatable bonds is 5. The molecule has 0 aliphatic heterocycles. The molecule has 0 bridgehead atoms. The van der Waals surface area contributed by atoms with Crippen LogP contribution in [0.25, 0.3) is 0 Å². The maximum absolute atomic E-state index is 3.86. The number of hydrogen-bond donors (Lipinski definition) is 0. The predicted octanol–water partition coefficient (Wildman–Crippen LogP) is 3.96. The Morgan fingerprint density at radius 1 is 1.00 bits per heavy atom. The van der Waals surface area contributed by atoms with E-state index < -0.39 is 0 Å². The van der Waals surface area contributed by atoms with Gasteiger partial charge in [0.2, 0.25) is 0 Å². The van der Waals surface area contributed by atoms with Crippen LogP contribution in [0.4, 0.5) is 0 Å². The highest BCUT2D eigenvalue weighted by Crippen LogP contribution is 2.33. The van der Waals surface area contributed by atoms with Crippen LogP contribution in [0.2, 0.25) is 0 Å². The second-order valence-electron chi connectivity index (χ2n) is 3.91. The van der Waals surface area contributed by atoms with Crippen LogP contribution in [0.5, 0.6) is 0 Å². The fourth-order valence-electron chi connectivity index (χ4n) is 2.08. The van der Waals surface area contributed by atoms with Crippen LogP contribution < -0.4 is 0 Å². The van der Waals surface area contributed by atoms with Crippen LogP contribution in [-0.2, 0) is 0 Å². The van der Waals surface area contributed by atoms with Gasteiger partial charge in [-0.2, -0.15) is 0 Å². The average Bonchev–Trinajstić information content (AvgIpc) is 2.33. The van der Waals surface area contributed by atoms with Crippen LogP contribution in [0.3, 0.4) is 0 Å². The Bertz CT molecular complexity index is 272. The maximum atomic E-state index is 3.86. The van der Waals surface area contributed by atoms with Crippen molar-refractivity contribution in [3.63, 3.8) is 0 Å². The van der Waals surface area contributed by atoms with E-state index in [1.807, 2.05) is 0 Å². The van der Waals surface area contributed by atoms with E-state index in [0.717, 1.165) is 24.1 Å². The minimum absolute atomic E-state index is 0.415. The van der Waals surface area contributed by atoms with E-state index in [4.69, 9.17) is 0 Å². The van der Waals surface area contributed by atoms with Gasteiger partial charge in [0, 0.05) is 5.56 Å². The molecule has 0 saturated carbocycles. The number of halogens is 1. The molecule has 0 N–H and O–H groups in total. The highest BCUT2D eigenvalue weighted by atomic mass is 79.9. The van der Waals surface area contributed by atoms with Crippen molar-refractivity contribution in [2.45, 2.75) is 25.7 Å². The fourth-order valence-corrected chi connectivity index (χ4v) is 3.25. The van der Waals surface area contributed by atoms with Crippen LogP contribution in [-0.4, -0.2) is 24.1 Å². The van der Waals surface area contributed by atoms with E-state index in [-0.39, 0.29) is 0 Å². The van der Waals surface area contributed by atoms with Crippen molar-refractivity contribution < 1.29 is 4.48 Å². The molecule has 0 saturated heterocycles. The molecule has 2 heteroatoms. The summed E-state index contributed by atoms with van der Waals surface area (Å²) in [7, 11) is 0. The van der Waals surface area contributed by atoms with Gasteiger partial charge in [-0.15, -0.1) is 0 Å². The normalized spacial score (nSPS) is 13.9. The Balaban J connectivity index is 2.95. The van der Waals surface area contributed by atoms with Gasteiger partial charge in [0.1, 0.15) is 0 Å². The summed E-state index contributed by atoms with van der Waals surface area (Å²) in [6.45, 7) is 10.3. The highest BCUT2D eigenvalue weighted by Gasteiger charge is 2.31. The molecular formula is C13H21BrN+. The van der Waals surface area contributed by atoms with Crippen molar-refractivity contribution in [3.05, 3.63) is 35.9 Å². The maximum Gasteiger partial charge on any atom is 0.170 e. The molecule has 0 amide bonds. The van der Waals surface area contributed by atoms with Crippen LogP contribution in [0, 0.1) is 0 Å². The molecule has 0 fully saturated rings. The number of alkyl halides is 1. The summed E-state index contributed by atoms with van der Waals surface area (Å²) in [4.78, 5) is 0.415. The van der Waals surface area contributed by atoms with Crippen molar-refractivity contribution in [2.75, 3.05) is 19.6 Å². The summed E-state index contributed by atoms with van der Waals surface area (Å²) in [5, 5.41) is 0. The standard InChI is InChI=1S/C13H21BrN/c1-4-15(5-2,6-3)13(14)12-10-8-7-9-11-12/h7-11,13H,4-6H2,1-3H3/q+1. The zero-order valence-electron chi connectivity index (χ0n) is 9.91. The topological polar surface area (TPSA) is 0 Å². The molecule has 1 aromatic rings. The van der Waals surface area contributed by atoms with E-state index in [1.165, 1.54) is 5.56 Å². The fraction of sp³-hybridized carbons (Fsp3) is 0.538. The van der Waals surface area contributed by atoms with Crippen molar-refractivity contribution in [1.82, 2.24) is 0 Å². The summed E-state index contributed by atoms with van der Waals surface area (Å²) in [6.07, 6.45) is 0. The van der Waals surface area contributed by atoms with Crippen LogP contribution in [0.15, 0.2) is 30.3 Å². The average molecular weight is 271 g/mol. The molecule has 0 aromatic heterocycles. The van der Waals surface area contributed by atoms with Gasteiger partial charge in [-0.05, 0) is 36.7 Å². The van der Waals surface area contributed by atoms with Gasteiger partial charge in [0.25, 0.3) is 0 Å². The second kappa shape index (κ2) is 5.66. The Labute approximate surface area is 102 Å². The Morgan fingerprint density at radius 3 is 1.87 bits per heavy atom. The number of hydrogen-bond acceptors (Lipinski definition) is 0. The molecule has 0 aliphatic rings. The number of nitrogens with zero attached hydrogens (tertiary/aromatic N) is 1. The zero-order chi connectivity index (χ0) is 11.3. The van der Waals surface area contributed by atoms with Gasteiger partial charge < -0.3 is 4.48 Å². The first-order valence-electron chi connectivity index (χ1n) is 5.75. The lowest BCUT2D eigenvalue weighted by Crippen LogP contribution is -2.48. The molecule has 84 valence electrons. The molecular weight excluding hydrogens is 250 g/mol. The Kier molecular flexibility index (Phi) is 4.81. The zero-order valence-corrected chi connectivity index (χ0v) is 11.5. The van der Waals surface area contributed by atoms with Gasteiger partial charge in [0.15, 0.2) is 4.95 Å². The molecule has 1 atom stereocenters. The predicted molar refractivity (Wildman–Crippen MR) is 70.0 cm³/mol. The molecule has 1 aromatic carbocycles. The quantitative estimate of drug-likeness (QED) is 0.432. The molecule has 0 radical (unpaired) electrons. The Hall–Kier alpha value is -0.340. The highest BCUT2D eigenvalue weighted by molar-refractivity contribution is 9.09. The van der Waals surface area contributed by atoms with E-state index in [2.05, 4.69) is 67.0 Å². The third-order valence-corrected chi connectivity index (χ3v) is 4.84. The van der Waals surface area contributed by atoms with E-state index in [1.54, 1.807) is 0 Å². The lowest BCUT2D eigenvalue weighted by atomic mass is 10.2. The largest absolute Gasteiger partial charge is 0.309 e. The summed E-state index contributed by atoms with van der Waals surface area (Å²) < 4.78 is 1.10. The van der Waals surface area contributed by atoms with Gasteiger partial charge in [-0.3, -0.25) is 0 Å². The summed E-state index contributed by atoms with van der Waals surface area (Å²) in [5.74, 6) is 0. The summed E-state index contributed by atoms with van der Waals surface area (Å²) in [5.41, 5.74) is 1.38. The van der Waals surface area contributed by atoms with Gasteiger partial charge in [0.05, 0.1) is 19.6 Å². The first-order chi connectivity index (χ1) is 7.20. The first kappa shape index (κ1) is 12.7. The number of quaternary nitrogens is 1. The van der Waals surface area contributed by atoms with Gasteiger partial charge in [-0.1, -0.05) is 30.3 Å². The van der Waals surface area contributed by atoms with E-state index in [9.17, 15) is 0 Å². The molecule has 0 spiro atoms.